The maximum Gasteiger partial charge on any atom is 0.131 e. The fourth-order valence-electron chi connectivity index (χ4n) is 2.81. The summed E-state index contributed by atoms with van der Waals surface area (Å²) in [5, 5.41) is 0. The van der Waals surface area contributed by atoms with Crippen LogP contribution in [0.3, 0.4) is 0 Å². The first kappa shape index (κ1) is 16.5. The molecule has 1 aromatic heterocycles. The first-order chi connectivity index (χ1) is 10.7. The van der Waals surface area contributed by atoms with Gasteiger partial charge in [0.1, 0.15) is 5.82 Å². The Hall–Kier alpha value is -1.87. The zero-order chi connectivity index (χ0) is 15.9. The standard InChI is InChI=1S/C19H27N3/c1-4-11-22(12-5-2)19-15(3)13-17(14-21-19)18(20)16-9-7-6-8-10-16/h6-10,13-14,18H,4-5,11-12,20H2,1-3H3/t18-/m1/s1. The summed E-state index contributed by atoms with van der Waals surface area (Å²) in [5.74, 6) is 1.09. The number of anilines is 1. The van der Waals surface area contributed by atoms with Gasteiger partial charge in [-0.3, -0.25) is 0 Å². The molecule has 0 saturated heterocycles. The molecule has 22 heavy (non-hydrogen) atoms. The Bertz CT molecular complexity index is 574. The summed E-state index contributed by atoms with van der Waals surface area (Å²) >= 11 is 0. The van der Waals surface area contributed by atoms with Crippen LogP contribution in [0.5, 0.6) is 0 Å². The molecule has 2 rings (SSSR count). The second-order valence-electron chi connectivity index (χ2n) is 5.78. The van der Waals surface area contributed by atoms with E-state index in [0.717, 1.165) is 42.9 Å². The van der Waals surface area contributed by atoms with Gasteiger partial charge in [-0.2, -0.15) is 0 Å². The number of pyridine rings is 1. The highest BCUT2D eigenvalue weighted by molar-refractivity contribution is 5.48. The third-order valence-electron chi connectivity index (χ3n) is 3.88. The van der Waals surface area contributed by atoms with E-state index in [4.69, 9.17) is 10.7 Å². The van der Waals surface area contributed by atoms with Crippen molar-refractivity contribution in [2.45, 2.75) is 39.7 Å². The summed E-state index contributed by atoms with van der Waals surface area (Å²) in [4.78, 5) is 7.08. The molecular formula is C19H27N3. The molecule has 0 spiro atoms. The van der Waals surface area contributed by atoms with Crippen molar-refractivity contribution in [3.63, 3.8) is 0 Å². The van der Waals surface area contributed by atoms with Crippen molar-refractivity contribution in [2.75, 3.05) is 18.0 Å². The fourth-order valence-corrected chi connectivity index (χ4v) is 2.81. The van der Waals surface area contributed by atoms with Gasteiger partial charge in [0.2, 0.25) is 0 Å². The van der Waals surface area contributed by atoms with Crippen LogP contribution in [0.15, 0.2) is 42.6 Å². The predicted octanol–water partition coefficient (Wildman–Crippen LogP) is 4.06. The lowest BCUT2D eigenvalue weighted by molar-refractivity contribution is 0.729. The number of rotatable bonds is 7. The maximum absolute atomic E-state index is 6.38. The normalized spacial score (nSPS) is 12.2. The molecule has 0 aliphatic carbocycles. The highest BCUT2D eigenvalue weighted by Crippen LogP contribution is 2.24. The van der Waals surface area contributed by atoms with Crippen molar-refractivity contribution in [3.05, 3.63) is 59.3 Å². The number of nitrogens with two attached hydrogens (primary N) is 1. The quantitative estimate of drug-likeness (QED) is 0.838. The van der Waals surface area contributed by atoms with Gasteiger partial charge < -0.3 is 10.6 Å². The zero-order valence-corrected chi connectivity index (χ0v) is 13.9. The van der Waals surface area contributed by atoms with Crippen LogP contribution < -0.4 is 10.6 Å². The molecule has 3 heteroatoms. The van der Waals surface area contributed by atoms with E-state index < -0.39 is 0 Å². The molecule has 0 fully saturated rings. The Kier molecular flexibility index (Phi) is 5.96. The van der Waals surface area contributed by atoms with E-state index in [0.29, 0.717) is 0 Å². The van der Waals surface area contributed by atoms with Crippen LogP contribution in [0.25, 0.3) is 0 Å². The molecule has 0 radical (unpaired) electrons. The number of benzene rings is 1. The molecule has 0 bridgehead atoms. The summed E-state index contributed by atoms with van der Waals surface area (Å²) in [6.45, 7) is 8.63. The lowest BCUT2D eigenvalue weighted by atomic mass is 10.00. The summed E-state index contributed by atoms with van der Waals surface area (Å²) in [6, 6.07) is 12.2. The van der Waals surface area contributed by atoms with Gasteiger partial charge in [-0.25, -0.2) is 4.98 Å². The van der Waals surface area contributed by atoms with Gasteiger partial charge in [-0.15, -0.1) is 0 Å². The number of nitrogens with zero attached hydrogens (tertiary/aromatic N) is 2. The van der Waals surface area contributed by atoms with Crippen LogP contribution >= 0.6 is 0 Å². The Morgan fingerprint density at radius 1 is 1.05 bits per heavy atom. The third-order valence-corrected chi connectivity index (χ3v) is 3.88. The monoisotopic (exact) mass is 297 g/mol. The highest BCUT2D eigenvalue weighted by Gasteiger charge is 2.14. The van der Waals surface area contributed by atoms with Crippen molar-refractivity contribution < 1.29 is 0 Å². The number of aryl methyl sites for hydroxylation is 1. The largest absolute Gasteiger partial charge is 0.356 e. The molecule has 1 heterocycles. The third kappa shape index (κ3) is 3.86. The van der Waals surface area contributed by atoms with E-state index in [1.807, 2.05) is 24.4 Å². The Balaban J connectivity index is 2.25. The van der Waals surface area contributed by atoms with Crippen LogP contribution in [0.1, 0.15) is 49.4 Å². The lowest BCUT2D eigenvalue weighted by Gasteiger charge is -2.25. The van der Waals surface area contributed by atoms with Crippen molar-refractivity contribution in [2.24, 2.45) is 5.73 Å². The van der Waals surface area contributed by atoms with Crippen molar-refractivity contribution in [1.29, 1.82) is 0 Å². The molecule has 1 aromatic carbocycles. The summed E-state index contributed by atoms with van der Waals surface area (Å²) in [7, 11) is 0. The minimum atomic E-state index is -0.118. The van der Waals surface area contributed by atoms with Gasteiger partial charge >= 0.3 is 0 Å². The Labute approximate surface area is 134 Å². The SMILES string of the molecule is CCCN(CCC)c1ncc([C@H](N)c2ccccc2)cc1C. The summed E-state index contributed by atoms with van der Waals surface area (Å²) in [6.07, 6.45) is 4.19. The molecule has 0 unspecified atom stereocenters. The molecule has 3 nitrogen and oxygen atoms in total. The molecule has 0 amide bonds. The Morgan fingerprint density at radius 2 is 1.68 bits per heavy atom. The molecule has 0 aliphatic heterocycles. The van der Waals surface area contributed by atoms with Crippen molar-refractivity contribution >= 4 is 5.82 Å². The number of aromatic nitrogens is 1. The van der Waals surface area contributed by atoms with Crippen LogP contribution in [0.4, 0.5) is 5.82 Å². The van der Waals surface area contributed by atoms with E-state index in [1.54, 1.807) is 0 Å². The van der Waals surface area contributed by atoms with Crippen molar-refractivity contribution in [3.8, 4) is 0 Å². The molecule has 118 valence electrons. The van der Waals surface area contributed by atoms with Gasteiger partial charge in [-0.05, 0) is 42.5 Å². The van der Waals surface area contributed by atoms with Gasteiger partial charge in [0.25, 0.3) is 0 Å². The first-order valence-corrected chi connectivity index (χ1v) is 8.19. The molecule has 0 aliphatic rings. The van der Waals surface area contributed by atoms with Crippen LogP contribution in [0.2, 0.25) is 0 Å². The summed E-state index contributed by atoms with van der Waals surface area (Å²) < 4.78 is 0. The zero-order valence-electron chi connectivity index (χ0n) is 13.9. The van der Waals surface area contributed by atoms with E-state index in [9.17, 15) is 0 Å². The van der Waals surface area contributed by atoms with Crippen LogP contribution in [0, 0.1) is 6.92 Å². The topological polar surface area (TPSA) is 42.2 Å². The van der Waals surface area contributed by atoms with Gasteiger partial charge in [-0.1, -0.05) is 44.2 Å². The van der Waals surface area contributed by atoms with Crippen molar-refractivity contribution in [1.82, 2.24) is 4.98 Å². The van der Waals surface area contributed by atoms with Gasteiger partial charge in [0.15, 0.2) is 0 Å². The molecule has 2 N–H and O–H groups in total. The molecular weight excluding hydrogens is 270 g/mol. The van der Waals surface area contributed by atoms with Gasteiger partial charge in [0.05, 0.1) is 6.04 Å². The van der Waals surface area contributed by atoms with E-state index in [1.165, 1.54) is 5.56 Å². The average Bonchev–Trinajstić information content (AvgIpc) is 2.55. The van der Waals surface area contributed by atoms with E-state index >= 15 is 0 Å². The Morgan fingerprint density at radius 3 is 2.23 bits per heavy atom. The smallest absolute Gasteiger partial charge is 0.131 e. The predicted molar refractivity (Wildman–Crippen MR) is 94.2 cm³/mol. The van der Waals surface area contributed by atoms with E-state index in [2.05, 4.69) is 43.9 Å². The molecule has 0 saturated carbocycles. The summed E-state index contributed by atoms with van der Waals surface area (Å²) in [5.41, 5.74) is 9.77. The number of hydrogen-bond acceptors (Lipinski definition) is 3. The van der Waals surface area contributed by atoms with E-state index in [-0.39, 0.29) is 6.04 Å². The fraction of sp³-hybridized carbons (Fsp3) is 0.421. The lowest BCUT2D eigenvalue weighted by Crippen LogP contribution is -2.27. The second-order valence-corrected chi connectivity index (χ2v) is 5.78. The number of hydrogen-bond donors (Lipinski definition) is 1. The molecule has 2 aromatic rings. The van der Waals surface area contributed by atoms with Crippen LogP contribution in [-0.4, -0.2) is 18.1 Å². The van der Waals surface area contributed by atoms with Crippen LogP contribution in [-0.2, 0) is 0 Å². The van der Waals surface area contributed by atoms with Gasteiger partial charge in [0, 0.05) is 19.3 Å². The average molecular weight is 297 g/mol. The first-order valence-electron chi connectivity index (χ1n) is 8.19. The minimum absolute atomic E-state index is 0.118. The highest BCUT2D eigenvalue weighted by atomic mass is 15.2. The second kappa shape index (κ2) is 7.95. The maximum atomic E-state index is 6.38. The molecule has 1 atom stereocenters. The minimum Gasteiger partial charge on any atom is -0.356 e.